The number of nitrogens with one attached hydrogen (secondary N) is 2. The number of H-pyrrole nitrogens is 1. The minimum Gasteiger partial charge on any atom is -0.385 e. The number of nitrogens with zero attached hydrogens (tertiary/aromatic N) is 1. The third-order valence-electron chi connectivity index (χ3n) is 2.20. The summed E-state index contributed by atoms with van der Waals surface area (Å²) in [5.41, 5.74) is 2.39. The lowest BCUT2D eigenvalue weighted by Gasteiger charge is -2.03. The first kappa shape index (κ1) is 11.2. The number of aromatic amines is 1. The van der Waals surface area contributed by atoms with Gasteiger partial charge in [-0.1, -0.05) is 0 Å². The van der Waals surface area contributed by atoms with E-state index in [4.69, 9.17) is 4.74 Å². The lowest BCUT2D eigenvalue weighted by atomic mass is 10.2. The van der Waals surface area contributed by atoms with E-state index in [-0.39, 0.29) is 0 Å². The van der Waals surface area contributed by atoms with Crippen molar-refractivity contribution in [2.24, 2.45) is 0 Å². The van der Waals surface area contributed by atoms with Gasteiger partial charge in [-0.15, -0.1) is 0 Å². The van der Waals surface area contributed by atoms with E-state index in [2.05, 4.69) is 15.5 Å². The molecule has 0 amide bonds. The Morgan fingerprint density at radius 2 is 2.36 bits per heavy atom. The molecule has 0 unspecified atom stereocenters. The van der Waals surface area contributed by atoms with Crippen molar-refractivity contribution in [2.75, 3.05) is 20.3 Å². The van der Waals surface area contributed by atoms with Crippen molar-refractivity contribution in [3.63, 3.8) is 0 Å². The molecule has 1 aromatic heterocycles. The van der Waals surface area contributed by atoms with Crippen LogP contribution in [0.15, 0.2) is 6.20 Å². The second-order valence-electron chi connectivity index (χ2n) is 3.40. The Morgan fingerprint density at radius 3 is 3.00 bits per heavy atom. The molecule has 0 fully saturated rings. The van der Waals surface area contributed by atoms with Crippen LogP contribution in [0, 0.1) is 6.92 Å². The molecule has 0 aliphatic carbocycles. The number of ether oxygens (including phenoxy) is 1. The van der Waals surface area contributed by atoms with Gasteiger partial charge in [0.2, 0.25) is 0 Å². The van der Waals surface area contributed by atoms with Gasteiger partial charge >= 0.3 is 0 Å². The van der Waals surface area contributed by atoms with E-state index < -0.39 is 0 Å². The lowest BCUT2D eigenvalue weighted by Crippen LogP contribution is -2.15. The second-order valence-corrected chi connectivity index (χ2v) is 3.40. The molecular weight excluding hydrogens is 178 g/mol. The Balaban J connectivity index is 2.02. The third-order valence-corrected chi connectivity index (χ3v) is 2.20. The first-order valence-electron chi connectivity index (χ1n) is 5.03. The summed E-state index contributed by atoms with van der Waals surface area (Å²) in [6.45, 7) is 4.82. The van der Waals surface area contributed by atoms with Gasteiger partial charge in [-0.3, -0.25) is 5.10 Å². The van der Waals surface area contributed by atoms with Crippen molar-refractivity contribution in [2.45, 2.75) is 26.3 Å². The van der Waals surface area contributed by atoms with Crippen LogP contribution in [0.5, 0.6) is 0 Å². The average Bonchev–Trinajstić information content (AvgIpc) is 2.58. The fraction of sp³-hybridized carbons (Fsp3) is 0.700. The van der Waals surface area contributed by atoms with E-state index in [0.717, 1.165) is 38.2 Å². The average molecular weight is 197 g/mol. The Labute approximate surface area is 85.0 Å². The van der Waals surface area contributed by atoms with Gasteiger partial charge in [0.15, 0.2) is 0 Å². The predicted octanol–water partition coefficient (Wildman–Crippen LogP) is 1.23. The summed E-state index contributed by atoms with van der Waals surface area (Å²) in [6, 6.07) is 0. The minimum atomic E-state index is 0.854. The van der Waals surface area contributed by atoms with Gasteiger partial charge in [0.1, 0.15) is 0 Å². The third kappa shape index (κ3) is 3.89. The first-order chi connectivity index (χ1) is 6.84. The fourth-order valence-electron chi connectivity index (χ4n) is 1.27. The molecule has 0 radical (unpaired) electrons. The molecule has 0 aromatic carbocycles. The maximum Gasteiger partial charge on any atom is 0.0535 e. The van der Waals surface area contributed by atoms with E-state index in [9.17, 15) is 0 Å². The molecular formula is C10H19N3O. The van der Waals surface area contributed by atoms with Crippen molar-refractivity contribution in [3.8, 4) is 0 Å². The number of unbranched alkanes of at least 4 members (excludes halogenated alkanes) is 1. The summed E-state index contributed by atoms with van der Waals surface area (Å²) in [6.07, 6.45) is 4.15. The Morgan fingerprint density at radius 1 is 1.50 bits per heavy atom. The molecule has 0 aliphatic heterocycles. The van der Waals surface area contributed by atoms with Crippen molar-refractivity contribution >= 4 is 0 Å². The monoisotopic (exact) mass is 197 g/mol. The second kappa shape index (κ2) is 6.56. The molecule has 0 bridgehead atoms. The number of hydrogen-bond acceptors (Lipinski definition) is 3. The van der Waals surface area contributed by atoms with E-state index >= 15 is 0 Å². The molecule has 80 valence electrons. The summed E-state index contributed by atoms with van der Waals surface area (Å²) >= 11 is 0. The van der Waals surface area contributed by atoms with Gasteiger partial charge in [0.05, 0.1) is 6.20 Å². The number of rotatable bonds is 7. The lowest BCUT2D eigenvalue weighted by molar-refractivity contribution is 0.192. The molecule has 1 rings (SSSR count). The zero-order valence-corrected chi connectivity index (χ0v) is 8.97. The highest BCUT2D eigenvalue weighted by atomic mass is 16.5. The van der Waals surface area contributed by atoms with Gasteiger partial charge in [0.25, 0.3) is 0 Å². The summed E-state index contributed by atoms with van der Waals surface area (Å²) in [5.74, 6) is 0. The van der Waals surface area contributed by atoms with Crippen LogP contribution in [0.1, 0.15) is 24.1 Å². The predicted molar refractivity (Wildman–Crippen MR) is 56.1 cm³/mol. The molecule has 14 heavy (non-hydrogen) atoms. The molecule has 2 N–H and O–H groups in total. The summed E-state index contributed by atoms with van der Waals surface area (Å²) in [7, 11) is 1.74. The van der Waals surface area contributed by atoms with E-state index in [0.29, 0.717) is 0 Å². The zero-order chi connectivity index (χ0) is 10.2. The fourth-order valence-corrected chi connectivity index (χ4v) is 1.27. The first-order valence-corrected chi connectivity index (χ1v) is 5.03. The normalized spacial score (nSPS) is 10.7. The van der Waals surface area contributed by atoms with Crippen LogP contribution in [0.4, 0.5) is 0 Å². The van der Waals surface area contributed by atoms with Crippen LogP contribution >= 0.6 is 0 Å². The Bertz CT molecular complexity index is 247. The Kier molecular flexibility index (Phi) is 5.25. The van der Waals surface area contributed by atoms with Crippen molar-refractivity contribution in [3.05, 3.63) is 17.5 Å². The number of methoxy groups -OCH3 is 1. The summed E-state index contributed by atoms with van der Waals surface area (Å²) in [4.78, 5) is 0. The zero-order valence-electron chi connectivity index (χ0n) is 8.97. The smallest absolute Gasteiger partial charge is 0.0535 e. The van der Waals surface area contributed by atoms with Crippen LogP contribution in [-0.2, 0) is 11.3 Å². The molecule has 0 atom stereocenters. The molecule has 4 nitrogen and oxygen atoms in total. The van der Waals surface area contributed by atoms with E-state index in [1.165, 1.54) is 5.56 Å². The number of aromatic nitrogens is 2. The molecule has 0 spiro atoms. The maximum absolute atomic E-state index is 4.97. The molecule has 4 heteroatoms. The highest BCUT2D eigenvalue weighted by Gasteiger charge is 1.98. The molecule has 0 saturated heterocycles. The minimum absolute atomic E-state index is 0.854. The standard InChI is InChI=1S/C10H19N3O/c1-9-10(8-12-13-9)7-11-5-3-4-6-14-2/h8,11H,3-7H2,1-2H3,(H,12,13). The van der Waals surface area contributed by atoms with Gasteiger partial charge < -0.3 is 10.1 Å². The quantitative estimate of drug-likeness (QED) is 0.646. The van der Waals surface area contributed by atoms with Gasteiger partial charge in [0, 0.05) is 31.5 Å². The van der Waals surface area contributed by atoms with Gasteiger partial charge in [-0.2, -0.15) is 5.10 Å². The summed E-state index contributed by atoms with van der Waals surface area (Å²) in [5, 5.41) is 10.3. The maximum atomic E-state index is 4.97. The summed E-state index contributed by atoms with van der Waals surface area (Å²) < 4.78 is 4.97. The molecule has 0 aliphatic rings. The largest absolute Gasteiger partial charge is 0.385 e. The number of hydrogen-bond donors (Lipinski definition) is 2. The highest BCUT2D eigenvalue weighted by Crippen LogP contribution is 2.01. The van der Waals surface area contributed by atoms with Crippen molar-refractivity contribution < 1.29 is 4.74 Å². The Hall–Kier alpha value is -0.870. The number of aryl methyl sites for hydroxylation is 1. The van der Waals surface area contributed by atoms with Crippen LogP contribution in [-0.4, -0.2) is 30.5 Å². The molecule has 0 saturated carbocycles. The SMILES string of the molecule is COCCCCNCc1cn[nH]c1C. The topological polar surface area (TPSA) is 49.9 Å². The van der Waals surface area contributed by atoms with Crippen molar-refractivity contribution in [1.82, 2.24) is 15.5 Å². The van der Waals surface area contributed by atoms with E-state index in [1.807, 2.05) is 13.1 Å². The van der Waals surface area contributed by atoms with Crippen LogP contribution in [0.3, 0.4) is 0 Å². The van der Waals surface area contributed by atoms with E-state index in [1.54, 1.807) is 7.11 Å². The van der Waals surface area contributed by atoms with Gasteiger partial charge in [-0.05, 0) is 26.3 Å². The van der Waals surface area contributed by atoms with Crippen LogP contribution in [0.25, 0.3) is 0 Å². The highest BCUT2D eigenvalue weighted by molar-refractivity contribution is 5.13. The van der Waals surface area contributed by atoms with Gasteiger partial charge in [-0.25, -0.2) is 0 Å². The van der Waals surface area contributed by atoms with Crippen molar-refractivity contribution in [1.29, 1.82) is 0 Å². The van der Waals surface area contributed by atoms with Crippen LogP contribution < -0.4 is 5.32 Å². The molecule has 1 heterocycles. The van der Waals surface area contributed by atoms with Crippen LogP contribution in [0.2, 0.25) is 0 Å². The molecule has 1 aromatic rings.